The Labute approximate surface area is 191 Å². The number of aromatic nitrogens is 4. The second kappa shape index (κ2) is 8.76. The molecule has 1 N–H and O–H groups in total. The van der Waals surface area contributed by atoms with Crippen LogP contribution in [0.2, 0.25) is 0 Å². The van der Waals surface area contributed by atoms with E-state index >= 15 is 0 Å². The number of aryl methyl sites for hydroxylation is 1. The van der Waals surface area contributed by atoms with Gasteiger partial charge in [-0.15, -0.1) is 0 Å². The van der Waals surface area contributed by atoms with Crippen molar-refractivity contribution >= 4 is 23.3 Å². The predicted octanol–water partition coefficient (Wildman–Crippen LogP) is 3.94. The molecule has 0 radical (unpaired) electrons. The minimum absolute atomic E-state index is 0.132. The third kappa shape index (κ3) is 5.27. The van der Waals surface area contributed by atoms with E-state index in [9.17, 15) is 14.0 Å². The van der Waals surface area contributed by atoms with E-state index in [-0.39, 0.29) is 23.4 Å². The Balaban J connectivity index is 1.37. The van der Waals surface area contributed by atoms with E-state index in [1.54, 1.807) is 30.4 Å². The van der Waals surface area contributed by atoms with Crippen LogP contribution < -0.4 is 5.32 Å². The van der Waals surface area contributed by atoms with Gasteiger partial charge < -0.3 is 19.4 Å². The number of fused-ring (bicyclic) bond motifs is 1. The second-order valence-corrected chi connectivity index (χ2v) is 9.21. The highest BCUT2D eigenvalue weighted by molar-refractivity contribution is 6.02. The van der Waals surface area contributed by atoms with Crippen molar-refractivity contribution in [3.05, 3.63) is 53.8 Å². The highest BCUT2D eigenvalue weighted by atomic mass is 19.1. The van der Waals surface area contributed by atoms with E-state index in [0.29, 0.717) is 24.5 Å². The maximum Gasteiger partial charge on any atom is 0.410 e. The minimum atomic E-state index is -0.528. The predicted molar refractivity (Wildman–Crippen MR) is 120 cm³/mol. The number of nitrogens with one attached hydrogen (secondary N) is 1. The number of rotatable bonds is 3. The molecule has 4 rings (SSSR count). The summed E-state index contributed by atoms with van der Waals surface area (Å²) in [6, 6.07) is 1.22. The van der Waals surface area contributed by atoms with Crippen LogP contribution in [0.5, 0.6) is 0 Å². The first-order valence-electron chi connectivity index (χ1n) is 10.8. The number of piperidine rings is 1. The largest absolute Gasteiger partial charge is 0.444 e. The van der Waals surface area contributed by atoms with Gasteiger partial charge in [-0.1, -0.05) is 0 Å². The zero-order valence-electron chi connectivity index (χ0n) is 19.1. The summed E-state index contributed by atoms with van der Waals surface area (Å²) in [5.74, 6) is -0.862. The van der Waals surface area contributed by atoms with E-state index in [0.717, 1.165) is 18.5 Å². The van der Waals surface area contributed by atoms with Gasteiger partial charge in [-0.2, -0.15) is 0 Å². The summed E-state index contributed by atoms with van der Waals surface area (Å²) in [4.78, 5) is 39.3. The third-order valence-electron chi connectivity index (χ3n) is 5.35. The number of ether oxygens (including phenoxy) is 1. The molecule has 3 aromatic heterocycles. The SMILES string of the molecule is Cc1cn2cc(NC(=O)c3cnc(C4CCN(C(=O)OC(C)(C)C)CC4)cn3)cc(F)c2n1. The van der Waals surface area contributed by atoms with Gasteiger partial charge in [0.15, 0.2) is 11.5 Å². The number of halogens is 1. The molecule has 1 fully saturated rings. The summed E-state index contributed by atoms with van der Waals surface area (Å²) in [6.07, 6.45) is 7.45. The molecule has 4 heterocycles. The Kier molecular flexibility index (Phi) is 6.01. The molecule has 0 unspecified atom stereocenters. The first-order chi connectivity index (χ1) is 15.6. The molecule has 0 aromatic carbocycles. The van der Waals surface area contributed by atoms with Crippen LogP contribution in [-0.2, 0) is 4.74 Å². The topological polar surface area (TPSA) is 102 Å². The summed E-state index contributed by atoms with van der Waals surface area (Å²) in [5, 5.41) is 2.65. The number of carbonyl (C=O) groups excluding carboxylic acids is 2. The lowest BCUT2D eigenvalue weighted by molar-refractivity contribution is 0.0204. The number of hydrogen-bond donors (Lipinski definition) is 1. The van der Waals surface area contributed by atoms with Crippen LogP contribution in [0.15, 0.2) is 30.9 Å². The molecule has 1 aliphatic rings. The van der Waals surface area contributed by atoms with E-state index in [1.165, 1.54) is 16.7 Å². The average molecular weight is 455 g/mol. The molecule has 0 bridgehead atoms. The number of amides is 2. The molecule has 3 aromatic rings. The molecule has 174 valence electrons. The van der Waals surface area contributed by atoms with Gasteiger partial charge in [-0.05, 0) is 40.5 Å². The maximum absolute atomic E-state index is 14.2. The summed E-state index contributed by atoms with van der Waals surface area (Å²) < 4.78 is 21.2. The molecule has 10 heteroatoms. The molecule has 1 aliphatic heterocycles. The first kappa shape index (κ1) is 22.6. The number of likely N-dealkylation sites (tertiary alicyclic amines) is 1. The van der Waals surface area contributed by atoms with E-state index < -0.39 is 17.3 Å². The lowest BCUT2D eigenvalue weighted by Crippen LogP contribution is -2.41. The Bertz CT molecular complexity index is 1180. The number of anilines is 1. The van der Waals surface area contributed by atoms with Gasteiger partial charge in [-0.25, -0.2) is 19.2 Å². The van der Waals surface area contributed by atoms with Crippen LogP contribution in [0.25, 0.3) is 5.65 Å². The van der Waals surface area contributed by atoms with Crippen LogP contribution in [-0.4, -0.2) is 54.9 Å². The molecule has 0 spiro atoms. The van der Waals surface area contributed by atoms with Crippen LogP contribution in [0, 0.1) is 12.7 Å². The monoisotopic (exact) mass is 454 g/mol. The molecule has 9 nitrogen and oxygen atoms in total. The van der Waals surface area contributed by atoms with Crippen LogP contribution >= 0.6 is 0 Å². The molecule has 0 atom stereocenters. The van der Waals surface area contributed by atoms with Crippen LogP contribution in [0.4, 0.5) is 14.9 Å². The Hall–Kier alpha value is -3.56. The number of imidazole rings is 1. The van der Waals surface area contributed by atoms with Crippen molar-refractivity contribution in [3.63, 3.8) is 0 Å². The summed E-state index contributed by atoms with van der Waals surface area (Å²) in [6.45, 7) is 8.45. The summed E-state index contributed by atoms with van der Waals surface area (Å²) in [7, 11) is 0. The van der Waals surface area contributed by atoms with Crippen molar-refractivity contribution in [2.24, 2.45) is 0 Å². The normalized spacial score (nSPS) is 15.0. The zero-order chi connectivity index (χ0) is 23.8. The van der Waals surface area contributed by atoms with Crippen molar-refractivity contribution in [2.45, 2.75) is 52.1 Å². The van der Waals surface area contributed by atoms with E-state index in [4.69, 9.17) is 4.74 Å². The Morgan fingerprint density at radius 2 is 1.88 bits per heavy atom. The van der Waals surface area contributed by atoms with Gasteiger partial charge in [-0.3, -0.25) is 9.78 Å². The quantitative estimate of drug-likeness (QED) is 0.643. The molecule has 2 amide bonds. The highest BCUT2D eigenvalue weighted by Crippen LogP contribution is 2.27. The van der Waals surface area contributed by atoms with Gasteiger partial charge in [0.1, 0.15) is 11.3 Å². The molecule has 33 heavy (non-hydrogen) atoms. The Morgan fingerprint density at radius 1 is 1.15 bits per heavy atom. The van der Waals surface area contributed by atoms with Gasteiger partial charge in [0, 0.05) is 43.7 Å². The Morgan fingerprint density at radius 3 is 2.52 bits per heavy atom. The number of hydrogen-bond acceptors (Lipinski definition) is 6. The molecular formula is C23H27FN6O3. The zero-order valence-corrected chi connectivity index (χ0v) is 19.1. The van der Waals surface area contributed by atoms with Gasteiger partial charge in [0.2, 0.25) is 0 Å². The minimum Gasteiger partial charge on any atom is -0.444 e. The number of carbonyl (C=O) groups is 2. The fourth-order valence-corrected chi connectivity index (χ4v) is 3.79. The van der Waals surface area contributed by atoms with Gasteiger partial charge >= 0.3 is 6.09 Å². The van der Waals surface area contributed by atoms with E-state index in [1.807, 2.05) is 20.8 Å². The van der Waals surface area contributed by atoms with Crippen molar-refractivity contribution in [2.75, 3.05) is 18.4 Å². The highest BCUT2D eigenvalue weighted by Gasteiger charge is 2.28. The molecular weight excluding hydrogens is 427 g/mol. The number of pyridine rings is 1. The molecule has 0 saturated carbocycles. The second-order valence-electron chi connectivity index (χ2n) is 9.21. The molecule has 1 saturated heterocycles. The smallest absolute Gasteiger partial charge is 0.410 e. The summed E-state index contributed by atoms with van der Waals surface area (Å²) in [5.41, 5.74) is 1.56. The first-order valence-corrected chi connectivity index (χ1v) is 10.8. The van der Waals surface area contributed by atoms with Gasteiger partial charge in [0.25, 0.3) is 5.91 Å². The van der Waals surface area contributed by atoms with Crippen molar-refractivity contribution < 1.29 is 18.7 Å². The van der Waals surface area contributed by atoms with Crippen molar-refractivity contribution in [3.8, 4) is 0 Å². The van der Waals surface area contributed by atoms with E-state index in [2.05, 4.69) is 20.3 Å². The maximum atomic E-state index is 14.2. The van der Waals surface area contributed by atoms with Crippen LogP contribution in [0.3, 0.4) is 0 Å². The lowest BCUT2D eigenvalue weighted by atomic mass is 9.94. The average Bonchev–Trinajstić information content (AvgIpc) is 3.13. The fraction of sp³-hybridized carbons (Fsp3) is 0.435. The van der Waals surface area contributed by atoms with Crippen LogP contribution in [0.1, 0.15) is 61.4 Å². The fourth-order valence-electron chi connectivity index (χ4n) is 3.79. The van der Waals surface area contributed by atoms with Crippen molar-refractivity contribution in [1.82, 2.24) is 24.3 Å². The molecule has 0 aliphatic carbocycles. The standard InChI is InChI=1S/C23H27FN6O3/c1-14-12-30-13-16(9-17(24)20(30)27-14)28-21(31)19-11-25-18(10-26-19)15-5-7-29(8-6-15)22(32)33-23(2,3)4/h9-13,15H,5-8H2,1-4H3,(H,28,31). The number of nitrogens with zero attached hydrogens (tertiary/aromatic N) is 5. The van der Waals surface area contributed by atoms with Gasteiger partial charge in [0.05, 0.1) is 23.3 Å². The lowest BCUT2D eigenvalue weighted by Gasteiger charge is -2.33. The van der Waals surface area contributed by atoms with Crippen molar-refractivity contribution in [1.29, 1.82) is 0 Å². The third-order valence-corrected chi connectivity index (χ3v) is 5.35. The summed E-state index contributed by atoms with van der Waals surface area (Å²) >= 11 is 0.